The molecule has 0 atom stereocenters. The molecule has 6 nitrogen and oxygen atoms in total. The van der Waals surface area contributed by atoms with E-state index >= 15 is 0 Å². The third kappa shape index (κ3) is 4.87. The molecule has 28 heavy (non-hydrogen) atoms. The fourth-order valence-electron chi connectivity index (χ4n) is 4.42. The molecule has 0 spiro atoms. The summed E-state index contributed by atoms with van der Waals surface area (Å²) in [5, 5.41) is 0. The summed E-state index contributed by atoms with van der Waals surface area (Å²) in [5.41, 5.74) is 3.27. The standard InChI is InChI=1S/C22H34N6/c1-25-11-15-27(16-12-25)22(28-17-13-26(2)14-18-28)8-7-19-9-10-23-20-5-3-4-6-21(20)24-19/h3-6,10,22H,7-9,11-18H2,1-2H3. The van der Waals surface area contributed by atoms with Crippen molar-refractivity contribution in [2.24, 2.45) is 9.98 Å². The van der Waals surface area contributed by atoms with Crippen molar-refractivity contribution in [3.05, 3.63) is 24.3 Å². The van der Waals surface area contributed by atoms with Gasteiger partial charge in [-0.15, -0.1) is 0 Å². The van der Waals surface area contributed by atoms with Crippen molar-refractivity contribution in [2.75, 3.05) is 66.5 Å². The van der Waals surface area contributed by atoms with E-state index in [-0.39, 0.29) is 0 Å². The van der Waals surface area contributed by atoms with Gasteiger partial charge >= 0.3 is 0 Å². The van der Waals surface area contributed by atoms with Crippen LogP contribution in [0.3, 0.4) is 0 Å². The van der Waals surface area contributed by atoms with Gasteiger partial charge in [-0.1, -0.05) is 12.1 Å². The highest BCUT2D eigenvalue weighted by Crippen LogP contribution is 2.30. The number of aliphatic imine (C=N–C) groups is 2. The van der Waals surface area contributed by atoms with Gasteiger partial charge in [-0.05, 0) is 39.1 Å². The summed E-state index contributed by atoms with van der Waals surface area (Å²) in [6.07, 6.45) is 5.63. The van der Waals surface area contributed by atoms with E-state index in [9.17, 15) is 0 Å². The largest absolute Gasteiger partial charge is 0.304 e. The van der Waals surface area contributed by atoms with Gasteiger partial charge in [0.25, 0.3) is 0 Å². The van der Waals surface area contributed by atoms with Crippen LogP contribution in [0.15, 0.2) is 34.3 Å². The van der Waals surface area contributed by atoms with Crippen molar-refractivity contribution in [2.45, 2.75) is 25.4 Å². The van der Waals surface area contributed by atoms with Crippen LogP contribution in [0.1, 0.15) is 19.3 Å². The molecule has 6 heteroatoms. The third-order valence-corrected chi connectivity index (χ3v) is 6.33. The smallest absolute Gasteiger partial charge is 0.0885 e. The van der Waals surface area contributed by atoms with Crippen molar-refractivity contribution in [1.82, 2.24) is 19.6 Å². The molecular formula is C22H34N6. The maximum atomic E-state index is 4.96. The van der Waals surface area contributed by atoms with Crippen LogP contribution in [0.5, 0.6) is 0 Å². The molecule has 2 saturated heterocycles. The summed E-state index contributed by atoms with van der Waals surface area (Å²) in [6, 6.07) is 8.22. The Bertz CT molecular complexity index is 677. The number of fused-ring (bicyclic) bond motifs is 1. The van der Waals surface area contributed by atoms with Crippen LogP contribution in [0.4, 0.5) is 11.4 Å². The highest BCUT2D eigenvalue weighted by atomic mass is 15.4. The van der Waals surface area contributed by atoms with Crippen molar-refractivity contribution in [3.8, 4) is 0 Å². The van der Waals surface area contributed by atoms with E-state index in [1.165, 1.54) is 58.1 Å². The van der Waals surface area contributed by atoms with Gasteiger partial charge < -0.3 is 9.80 Å². The number of benzene rings is 1. The van der Waals surface area contributed by atoms with Crippen LogP contribution in [0.2, 0.25) is 0 Å². The van der Waals surface area contributed by atoms with Crippen LogP contribution >= 0.6 is 0 Å². The molecule has 0 amide bonds. The number of hydrogen-bond acceptors (Lipinski definition) is 6. The SMILES string of the molecule is CN1CCN(C(CCC2=Nc3ccccc3N=CC2)N2CCN(C)CC2)CC1. The molecule has 0 radical (unpaired) electrons. The highest BCUT2D eigenvalue weighted by molar-refractivity contribution is 6.00. The molecule has 3 aliphatic rings. The molecule has 3 heterocycles. The Balaban J connectivity index is 1.45. The summed E-state index contributed by atoms with van der Waals surface area (Å²) < 4.78 is 0. The summed E-state index contributed by atoms with van der Waals surface area (Å²) in [6.45, 7) is 9.37. The Kier molecular flexibility index (Phi) is 6.52. The second kappa shape index (κ2) is 9.27. The quantitative estimate of drug-likeness (QED) is 0.784. The van der Waals surface area contributed by atoms with Gasteiger partial charge in [0.15, 0.2) is 0 Å². The number of rotatable bonds is 5. The fourth-order valence-corrected chi connectivity index (χ4v) is 4.42. The molecule has 0 N–H and O–H groups in total. The molecule has 4 rings (SSSR count). The van der Waals surface area contributed by atoms with Gasteiger partial charge in [0, 0.05) is 70.7 Å². The lowest BCUT2D eigenvalue weighted by Gasteiger charge is -2.46. The van der Waals surface area contributed by atoms with E-state index < -0.39 is 0 Å². The fraction of sp³-hybridized carbons (Fsp3) is 0.636. The van der Waals surface area contributed by atoms with Crippen molar-refractivity contribution in [1.29, 1.82) is 0 Å². The first-order valence-electron chi connectivity index (χ1n) is 10.7. The zero-order valence-corrected chi connectivity index (χ0v) is 17.4. The Hall–Kier alpha value is -1.60. The second-order valence-corrected chi connectivity index (χ2v) is 8.38. The topological polar surface area (TPSA) is 37.7 Å². The number of hydrogen-bond donors (Lipinski definition) is 0. The summed E-state index contributed by atoms with van der Waals surface area (Å²) in [4.78, 5) is 19.9. The first kappa shape index (κ1) is 19.7. The summed E-state index contributed by atoms with van der Waals surface area (Å²) in [5.74, 6) is 0. The van der Waals surface area contributed by atoms with Crippen molar-refractivity contribution in [3.63, 3.8) is 0 Å². The normalized spacial score (nSPS) is 22.9. The Labute approximate surface area is 169 Å². The average molecular weight is 383 g/mol. The lowest BCUT2D eigenvalue weighted by molar-refractivity contribution is -0.0121. The van der Waals surface area contributed by atoms with Crippen LogP contribution in [-0.4, -0.2) is 104 Å². The third-order valence-electron chi connectivity index (χ3n) is 6.33. The van der Waals surface area contributed by atoms with Crippen molar-refractivity contribution < 1.29 is 0 Å². The molecule has 0 bridgehead atoms. The molecule has 2 fully saturated rings. The van der Waals surface area contributed by atoms with Crippen LogP contribution < -0.4 is 0 Å². The molecule has 152 valence electrons. The zero-order valence-electron chi connectivity index (χ0n) is 17.4. The van der Waals surface area contributed by atoms with Crippen LogP contribution in [-0.2, 0) is 0 Å². The minimum absolute atomic E-state index is 0.528. The van der Waals surface area contributed by atoms with E-state index in [1.807, 2.05) is 12.3 Å². The van der Waals surface area contributed by atoms with Gasteiger partial charge in [0.1, 0.15) is 0 Å². The maximum absolute atomic E-state index is 4.96. The van der Waals surface area contributed by atoms with Gasteiger partial charge in [-0.25, -0.2) is 0 Å². The zero-order chi connectivity index (χ0) is 19.3. The molecule has 1 aromatic carbocycles. The molecule has 1 aromatic rings. The maximum Gasteiger partial charge on any atom is 0.0885 e. The highest BCUT2D eigenvalue weighted by Gasteiger charge is 2.29. The predicted molar refractivity (Wildman–Crippen MR) is 117 cm³/mol. The van der Waals surface area contributed by atoms with E-state index in [4.69, 9.17) is 4.99 Å². The lowest BCUT2D eigenvalue weighted by Crippen LogP contribution is -2.59. The molecule has 0 unspecified atom stereocenters. The van der Waals surface area contributed by atoms with Crippen LogP contribution in [0.25, 0.3) is 0 Å². The summed E-state index contributed by atoms with van der Waals surface area (Å²) >= 11 is 0. The number of para-hydroxylation sites is 2. The molecule has 3 aliphatic heterocycles. The molecule has 0 aromatic heterocycles. The minimum Gasteiger partial charge on any atom is -0.304 e. The number of nitrogens with zero attached hydrogens (tertiary/aromatic N) is 6. The monoisotopic (exact) mass is 382 g/mol. The van der Waals surface area contributed by atoms with Gasteiger partial charge in [-0.3, -0.25) is 19.8 Å². The van der Waals surface area contributed by atoms with E-state index in [0.29, 0.717) is 6.17 Å². The molecule has 0 aliphatic carbocycles. The van der Waals surface area contributed by atoms with Crippen LogP contribution in [0, 0.1) is 0 Å². The van der Waals surface area contributed by atoms with E-state index in [1.54, 1.807) is 0 Å². The van der Waals surface area contributed by atoms with E-state index in [0.717, 1.165) is 30.6 Å². The number of likely N-dealkylation sites (N-methyl/N-ethyl adjacent to an activating group) is 2. The van der Waals surface area contributed by atoms with Crippen molar-refractivity contribution >= 4 is 23.3 Å². The first-order valence-corrected chi connectivity index (χ1v) is 10.7. The predicted octanol–water partition coefficient (Wildman–Crippen LogP) is 2.47. The minimum atomic E-state index is 0.528. The first-order chi connectivity index (χ1) is 13.7. The van der Waals surface area contributed by atoms with Gasteiger partial charge in [0.05, 0.1) is 17.5 Å². The lowest BCUT2D eigenvalue weighted by atomic mass is 10.1. The van der Waals surface area contributed by atoms with Gasteiger partial charge in [-0.2, -0.15) is 0 Å². The average Bonchev–Trinajstić information content (AvgIpc) is 2.92. The number of piperazine rings is 2. The molecular weight excluding hydrogens is 348 g/mol. The Morgan fingerprint density at radius 1 is 0.821 bits per heavy atom. The Morgan fingerprint density at radius 3 is 2.00 bits per heavy atom. The summed E-state index contributed by atoms with van der Waals surface area (Å²) in [7, 11) is 4.47. The second-order valence-electron chi connectivity index (χ2n) is 8.38. The van der Waals surface area contributed by atoms with E-state index in [2.05, 4.69) is 56.9 Å². The van der Waals surface area contributed by atoms with Gasteiger partial charge in [0.2, 0.25) is 0 Å². The molecule has 0 saturated carbocycles. The Morgan fingerprint density at radius 2 is 1.39 bits per heavy atom.